The Morgan fingerprint density at radius 2 is 1.73 bits per heavy atom. The predicted octanol–water partition coefficient (Wildman–Crippen LogP) is 2.55. The first-order chi connectivity index (χ1) is 10.8. The van der Waals surface area contributed by atoms with Crippen molar-refractivity contribution in [2.75, 3.05) is 31.1 Å². The molecule has 0 atom stereocenters. The van der Waals surface area contributed by atoms with E-state index < -0.39 is 0 Å². The van der Waals surface area contributed by atoms with Crippen LogP contribution in [0, 0.1) is 0 Å². The first-order valence-electron chi connectivity index (χ1n) is 8.70. The van der Waals surface area contributed by atoms with Gasteiger partial charge in [0.05, 0.1) is 5.56 Å². The van der Waals surface area contributed by atoms with Crippen molar-refractivity contribution in [3.63, 3.8) is 0 Å². The minimum atomic E-state index is 0.0982. The molecule has 2 N–H and O–H groups in total. The zero-order valence-corrected chi connectivity index (χ0v) is 13.3. The Hall–Kier alpha value is -1.55. The lowest BCUT2D eigenvalue weighted by atomic mass is 10.1. The van der Waals surface area contributed by atoms with E-state index in [0.29, 0.717) is 6.04 Å². The van der Waals surface area contributed by atoms with Crippen LogP contribution in [0.2, 0.25) is 0 Å². The Kier molecular flexibility index (Phi) is 5.33. The first-order valence-corrected chi connectivity index (χ1v) is 8.70. The van der Waals surface area contributed by atoms with Crippen molar-refractivity contribution in [1.82, 2.24) is 10.6 Å². The fourth-order valence-electron chi connectivity index (χ4n) is 3.53. The van der Waals surface area contributed by atoms with Gasteiger partial charge in [-0.3, -0.25) is 4.79 Å². The van der Waals surface area contributed by atoms with E-state index in [1.54, 1.807) is 0 Å². The van der Waals surface area contributed by atoms with Gasteiger partial charge in [-0.2, -0.15) is 0 Å². The maximum Gasteiger partial charge on any atom is 0.253 e. The van der Waals surface area contributed by atoms with Crippen LogP contribution in [-0.2, 0) is 0 Å². The van der Waals surface area contributed by atoms with Crippen LogP contribution in [-0.4, -0.2) is 38.1 Å². The van der Waals surface area contributed by atoms with Crippen LogP contribution in [0.3, 0.4) is 0 Å². The third kappa shape index (κ3) is 3.80. The van der Waals surface area contributed by atoms with E-state index in [1.807, 2.05) is 18.2 Å². The van der Waals surface area contributed by atoms with Crippen molar-refractivity contribution >= 4 is 11.6 Å². The van der Waals surface area contributed by atoms with Crippen LogP contribution in [0.1, 0.15) is 48.9 Å². The summed E-state index contributed by atoms with van der Waals surface area (Å²) < 4.78 is 0. The minimum Gasteiger partial charge on any atom is -0.368 e. The summed E-state index contributed by atoms with van der Waals surface area (Å²) in [4.78, 5) is 15.1. The second-order valence-electron chi connectivity index (χ2n) is 6.42. The van der Waals surface area contributed by atoms with E-state index in [2.05, 4.69) is 21.6 Å². The van der Waals surface area contributed by atoms with Gasteiger partial charge in [-0.1, -0.05) is 37.8 Å². The summed E-state index contributed by atoms with van der Waals surface area (Å²) in [6.07, 6.45) is 7.35. The molecule has 4 heteroatoms. The monoisotopic (exact) mass is 301 g/mol. The Balaban J connectivity index is 1.71. The average molecular weight is 301 g/mol. The SMILES string of the molecule is O=C(NC1CCCCCC1)c1ccccc1N1CCNCC1. The van der Waals surface area contributed by atoms with Crippen molar-refractivity contribution in [2.45, 2.75) is 44.6 Å². The number of amides is 1. The predicted molar refractivity (Wildman–Crippen MR) is 90.5 cm³/mol. The number of nitrogens with zero attached hydrogens (tertiary/aromatic N) is 1. The number of carbonyl (C=O) groups is 1. The maximum absolute atomic E-state index is 12.7. The molecule has 0 spiro atoms. The smallest absolute Gasteiger partial charge is 0.253 e. The maximum atomic E-state index is 12.7. The standard InChI is InChI=1S/C18H27N3O/c22-18(20-15-7-3-1-2-4-8-15)16-9-5-6-10-17(16)21-13-11-19-12-14-21/h5-6,9-10,15,19H,1-4,7-8,11-14H2,(H,20,22). The number of hydrogen-bond donors (Lipinski definition) is 2. The fraction of sp³-hybridized carbons (Fsp3) is 0.611. The summed E-state index contributed by atoms with van der Waals surface area (Å²) >= 11 is 0. The largest absolute Gasteiger partial charge is 0.368 e. The number of carbonyl (C=O) groups excluding carboxylic acids is 1. The van der Waals surface area contributed by atoms with Gasteiger partial charge in [0.2, 0.25) is 0 Å². The van der Waals surface area contributed by atoms with Gasteiger partial charge in [0, 0.05) is 37.9 Å². The minimum absolute atomic E-state index is 0.0982. The van der Waals surface area contributed by atoms with Crippen molar-refractivity contribution < 1.29 is 4.79 Å². The van der Waals surface area contributed by atoms with Gasteiger partial charge < -0.3 is 15.5 Å². The molecule has 1 saturated carbocycles. The van der Waals surface area contributed by atoms with E-state index in [9.17, 15) is 4.79 Å². The molecule has 120 valence electrons. The second kappa shape index (κ2) is 7.63. The molecule has 1 saturated heterocycles. The second-order valence-corrected chi connectivity index (χ2v) is 6.42. The van der Waals surface area contributed by atoms with Crippen LogP contribution < -0.4 is 15.5 Å². The molecule has 0 bridgehead atoms. The number of hydrogen-bond acceptors (Lipinski definition) is 3. The van der Waals surface area contributed by atoms with Gasteiger partial charge >= 0.3 is 0 Å². The van der Waals surface area contributed by atoms with E-state index in [0.717, 1.165) is 50.3 Å². The molecular formula is C18H27N3O. The Labute approximate surface area is 133 Å². The van der Waals surface area contributed by atoms with Crippen LogP contribution in [0.4, 0.5) is 5.69 Å². The van der Waals surface area contributed by atoms with Crippen LogP contribution >= 0.6 is 0 Å². The molecule has 1 aliphatic heterocycles. The molecule has 22 heavy (non-hydrogen) atoms. The zero-order chi connectivity index (χ0) is 15.2. The van der Waals surface area contributed by atoms with Gasteiger partial charge in [0.25, 0.3) is 5.91 Å². The molecule has 0 radical (unpaired) electrons. The van der Waals surface area contributed by atoms with Gasteiger partial charge in [-0.25, -0.2) is 0 Å². The van der Waals surface area contributed by atoms with Gasteiger partial charge in [0.15, 0.2) is 0 Å². The van der Waals surface area contributed by atoms with E-state index >= 15 is 0 Å². The lowest BCUT2D eigenvalue weighted by molar-refractivity contribution is 0.0934. The van der Waals surface area contributed by atoms with Crippen LogP contribution in [0.15, 0.2) is 24.3 Å². The highest BCUT2D eigenvalue weighted by Gasteiger charge is 2.20. The van der Waals surface area contributed by atoms with Gasteiger partial charge in [-0.15, -0.1) is 0 Å². The van der Waals surface area contributed by atoms with Crippen LogP contribution in [0.25, 0.3) is 0 Å². The van der Waals surface area contributed by atoms with Crippen molar-refractivity contribution in [2.24, 2.45) is 0 Å². The van der Waals surface area contributed by atoms with E-state index in [4.69, 9.17) is 0 Å². The Bertz CT molecular complexity index is 489. The van der Waals surface area contributed by atoms with Gasteiger partial charge in [-0.05, 0) is 25.0 Å². The van der Waals surface area contributed by atoms with E-state index in [1.165, 1.54) is 25.7 Å². The molecule has 1 amide bonds. The highest BCUT2D eigenvalue weighted by Crippen LogP contribution is 2.22. The number of piperazine rings is 1. The lowest BCUT2D eigenvalue weighted by Gasteiger charge is -2.31. The van der Waals surface area contributed by atoms with Crippen molar-refractivity contribution in [3.8, 4) is 0 Å². The number of rotatable bonds is 3. The van der Waals surface area contributed by atoms with Crippen molar-refractivity contribution in [3.05, 3.63) is 29.8 Å². The Morgan fingerprint density at radius 1 is 1.05 bits per heavy atom. The molecule has 2 aliphatic rings. The molecule has 1 aromatic rings. The summed E-state index contributed by atoms with van der Waals surface area (Å²) in [5.74, 6) is 0.0982. The number of para-hydroxylation sites is 1. The fourth-order valence-corrected chi connectivity index (χ4v) is 3.53. The molecule has 1 aliphatic carbocycles. The molecule has 0 aromatic heterocycles. The molecular weight excluding hydrogens is 274 g/mol. The molecule has 1 heterocycles. The van der Waals surface area contributed by atoms with Gasteiger partial charge in [0.1, 0.15) is 0 Å². The summed E-state index contributed by atoms with van der Waals surface area (Å²) in [6.45, 7) is 3.90. The quantitative estimate of drug-likeness (QED) is 0.843. The third-order valence-corrected chi connectivity index (χ3v) is 4.80. The average Bonchev–Trinajstić information content (AvgIpc) is 2.84. The zero-order valence-electron chi connectivity index (χ0n) is 13.3. The molecule has 3 rings (SSSR count). The molecule has 2 fully saturated rings. The number of anilines is 1. The topological polar surface area (TPSA) is 44.4 Å². The molecule has 1 aromatic carbocycles. The summed E-state index contributed by atoms with van der Waals surface area (Å²) in [7, 11) is 0. The Morgan fingerprint density at radius 3 is 2.45 bits per heavy atom. The van der Waals surface area contributed by atoms with Crippen LogP contribution in [0.5, 0.6) is 0 Å². The molecule has 0 unspecified atom stereocenters. The molecule has 4 nitrogen and oxygen atoms in total. The van der Waals surface area contributed by atoms with Crippen molar-refractivity contribution in [1.29, 1.82) is 0 Å². The highest BCUT2D eigenvalue weighted by atomic mass is 16.1. The summed E-state index contributed by atoms with van der Waals surface area (Å²) in [5.41, 5.74) is 1.91. The third-order valence-electron chi connectivity index (χ3n) is 4.80. The lowest BCUT2D eigenvalue weighted by Crippen LogP contribution is -2.44. The van der Waals surface area contributed by atoms with E-state index in [-0.39, 0.29) is 5.91 Å². The highest BCUT2D eigenvalue weighted by molar-refractivity contribution is 6.00. The summed E-state index contributed by atoms with van der Waals surface area (Å²) in [6, 6.07) is 8.38. The first kappa shape index (κ1) is 15.3. The number of benzene rings is 1. The normalized spacial score (nSPS) is 20.5. The summed E-state index contributed by atoms with van der Waals surface area (Å²) in [5, 5.41) is 6.64. The number of nitrogens with one attached hydrogen (secondary N) is 2.